The normalized spacial score (nSPS) is 13.4. The molecule has 1 aliphatic rings. The maximum Gasteiger partial charge on any atom is 0.197 e. The Labute approximate surface area is 134 Å². The molecule has 6 nitrogen and oxygen atoms in total. The van der Waals surface area contributed by atoms with Gasteiger partial charge in [0.15, 0.2) is 5.43 Å². The van der Waals surface area contributed by atoms with Crippen molar-refractivity contribution >= 4 is 21.8 Å². The van der Waals surface area contributed by atoms with Crippen molar-refractivity contribution in [2.75, 3.05) is 6.61 Å². The average molecular weight is 322 g/mol. The fraction of sp³-hybridized carbons (Fsp3) is 0.118. The first-order chi connectivity index (χ1) is 11.7. The molecular weight excluding hydrogens is 311 g/mol. The Morgan fingerprint density at radius 1 is 1.17 bits per heavy atom. The summed E-state index contributed by atoms with van der Waals surface area (Å²) in [5.41, 5.74) is 2.01. The van der Waals surface area contributed by atoms with E-state index in [1.165, 1.54) is 18.5 Å². The van der Waals surface area contributed by atoms with Crippen molar-refractivity contribution in [2.45, 2.75) is 6.54 Å². The van der Waals surface area contributed by atoms with E-state index in [0.717, 1.165) is 11.2 Å². The summed E-state index contributed by atoms with van der Waals surface area (Å²) in [6.45, 7) is 1.02. The lowest BCUT2D eigenvalue weighted by Gasteiger charge is -2.23. The molecule has 0 spiro atoms. The van der Waals surface area contributed by atoms with Gasteiger partial charge in [-0.15, -0.1) is 0 Å². The molecule has 1 aliphatic heterocycles. The van der Waals surface area contributed by atoms with Crippen LogP contribution in [0.4, 0.5) is 4.39 Å². The fourth-order valence-corrected chi connectivity index (χ4v) is 3.30. The largest absolute Gasteiger partial charge is 0.489 e. The van der Waals surface area contributed by atoms with Crippen molar-refractivity contribution in [3.05, 3.63) is 59.0 Å². The van der Waals surface area contributed by atoms with E-state index in [1.54, 1.807) is 23.1 Å². The Hall–Kier alpha value is -3.22. The lowest BCUT2D eigenvalue weighted by Crippen LogP contribution is -2.20. The Morgan fingerprint density at radius 3 is 2.92 bits per heavy atom. The molecule has 0 bridgehead atoms. The van der Waals surface area contributed by atoms with Crippen LogP contribution in [0, 0.1) is 5.82 Å². The van der Waals surface area contributed by atoms with Crippen molar-refractivity contribution in [1.82, 2.24) is 19.3 Å². The number of rotatable bonds is 1. The number of halogens is 1. The van der Waals surface area contributed by atoms with Crippen LogP contribution in [0.15, 0.2) is 47.8 Å². The Morgan fingerprint density at radius 2 is 2.08 bits per heavy atom. The van der Waals surface area contributed by atoms with Gasteiger partial charge in [-0.25, -0.2) is 14.1 Å². The van der Waals surface area contributed by atoms with Gasteiger partial charge in [-0.1, -0.05) is 0 Å². The van der Waals surface area contributed by atoms with E-state index in [9.17, 15) is 9.18 Å². The van der Waals surface area contributed by atoms with Crippen molar-refractivity contribution in [2.24, 2.45) is 0 Å². The van der Waals surface area contributed by atoms with Crippen LogP contribution in [0.3, 0.4) is 0 Å². The van der Waals surface area contributed by atoms with Crippen LogP contribution in [0.2, 0.25) is 0 Å². The van der Waals surface area contributed by atoms with E-state index in [1.807, 2.05) is 10.6 Å². The van der Waals surface area contributed by atoms with Gasteiger partial charge >= 0.3 is 0 Å². The molecule has 0 atom stereocenters. The first-order valence-corrected chi connectivity index (χ1v) is 7.50. The molecule has 0 saturated carbocycles. The molecule has 5 rings (SSSR count). The lowest BCUT2D eigenvalue weighted by molar-refractivity contribution is 0.287. The molecule has 24 heavy (non-hydrogen) atoms. The van der Waals surface area contributed by atoms with E-state index in [4.69, 9.17) is 4.74 Å². The number of ether oxygens (including phenoxy) is 1. The highest BCUT2D eigenvalue weighted by molar-refractivity contribution is 5.97. The zero-order valence-electron chi connectivity index (χ0n) is 12.4. The minimum atomic E-state index is -0.471. The molecule has 0 fully saturated rings. The second-order valence-electron chi connectivity index (χ2n) is 5.67. The molecule has 7 heteroatoms. The third kappa shape index (κ3) is 1.72. The van der Waals surface area contributed by atoms with Gasteiger partial charge in [0.1, 0.15) is 30.8 Å². The smallest absolute Gasteiger partial charge is 0.197 e. The molecule has 2 aromatic heterocycles. The highest BCUT2D eigenvalue weighted by Gasteiger charge is 2.20. The number of pyridine rings is 1. The maximum absolute atomic E-state index is 13.8. The number of nitrogens with zero attached hydrogens (tertiary/aromatic N) is 4. The summed E-state index contributed by atoms with van der Waals surface area (Å²) in [5, 5.41) is 5.01. The first-order valence-electron chi connectivity index (χ1n) is 7.50. The lowest BCUT2D eigenvalue weighted by atomic mass is 10.1. The molecule has 3 heterocycles. The van der Waals surface area contributed by atoms with E-state index in [-0.39, 0.29) is 5.43 Å². The molecule has 0 N–H and O–H groups in total. The van der Waals surface area contributed by atoms with Crippen LogP contribution in [0.5, 0.6) is 5.75 Å². The average Bonchev–Trinajstić information content (AvgIpc) is 3.13. The van der Waals surface area contributed by atoms with Gasteiger partial charge < -0.3 is 9.30 Å². The van der Waals surface area contributed by atoms with Crippen LogP contribution in [0.25, 0.3) is 27.5 Å². The van der Waals surface area contributed by atoms with Crippen LogP contribution in [-0.4, -0.2) is 25.9 Å². The standard InChI is InChI=1S/C17H11FN4O2/c18-10-5-13-16-15(6-10)24-4-3-21(16)14-7-11(22-9-19-8-20-22)1-2-12(14)17(13)23/h1-2,5-9H,3-4H2. The minimum Gasteiger partial charge on any atom is -0.489 e. The predicted octanol–water partition coefficient (Wildman–Crippen LogP) is 2.27. The first kappa shape index (κ1) is 13.2. The van der Waals surface area contributed by atoms with E-state index >= 15 is 0 Å². The molecule has 0 saturated heterocycles. The van der Waals surface area contributed by atoms with Gasteiger partial charge in [0.2, 0.25) is 0 Å². The minimum absolute atomic E-state index is 0.201. The highest BCUT2D eigenvalue weighted by atomic mass is 19.1. The van der Waals surface area contributed by atoms with Gasteiger partial charge in [-0.3, -0.25) is 4.79 Å². The van der Waals surface area contributed by atoms with Crippen LogP contribution in [-0.2, 0) is 6.54 Å². The number of benzene rings is 2. The summed E-state index contributed by atoms with van der Waals surface area (Å²) in [6.07, 6.45) is 3.05. The summed E-state index contributed by atoms with van der Waals surface area (Å²) >= 11 is 0. The zero-order valence-corrected chi connectivity index (χ0v) is 12.4. The number of aromatic nitrogens is 4. The van der Waals surface area contributed by atoms with Crippen molar-refractivity contribution < 1.29 is 9.13 Å². The van der Waals surface area contributed by atoms with Crippen molar-refractivity contribution in [1.29, 1.82) is 0 Å². The Balaban J connectivity index is 1.96. The summed E-state index contributed by atoms with van der Waals surface area (Å²) in [7, 11) is 0. The maximum atomic E-state index is 13.8. The molecular formula is C17H11FN4O2. The van der Waals surface area contributed by atoms with Crippen molar-refractivity contribution in [3.8, 4) is 11.4 Å². The molecule has 0 radical (unpaired) electrons. The molecule has 118 valence electrons. The van der Waals surface area contributed by atoms with Crippen molar-refractivity contribution in [3.63, 3.8) is 0 Å². The second-order valence-corrected chi connectivity index (χ2v) is 5.67. The van der Waals surface area contributed by atoms with Crippen LogP contribution < -0.4 is 10.2 Å². The quantitative estimate of drug-likeness (QED) is 0.504. The molecule has 4 aromatic rings. The van der Waals surface area contributed by atoms with Crippen LogP contribution in [0.1, 0.15) is 0 Å². The monoisotopic (exact) mass is 322 g/mol. The summed E-state index contributed by atoms with van der Waals surface area (Å²) in [4.78, 5) is 16.8. The van der Waals surface area contributed by atoms with Gasteiger partial charge in [0.05, 0.1) is 28.7 Å². The topological polar surface area (TPSA) is 61.9 Å². The molecule has 2 aromatic carbocycles. The summed E-state index contributed by atoms with van der Waals surface area (Å²) < 4.78 is 23.0. The molecule has 0 aliphatic carbocycles. The van der Waals surface area contributed by atoms with Gasteiger partial charge in [-0.2, -0.15) is 5.10 Å². The number of hydrogen-bond donors (Lipinski definition) is 0. The van der Waals surface area contributed by atoms with E-state index in [2.05, 4.69) is 10.1 Å². The third-order valence-corrected chi connectivity index (χ3v) is 4.33. The summed E-state index contributed by atoms with van der Waals surface area (Å²) in [5.74, 6) is -0.0666. The van der Waals surface area contributed by atoms with Gasteiger partial charge in [-0.05, 0) is 24.3 Å². The van der Waals surface area contributed by atoms with E-state index < -0.39 is 5.82 Å². The SMILES string of the molecule is O=c1c2ccc(-n3cncn3)cc2n2c3c(cc(F)cc13)OCC2. The van der Waals surface area contributed by atoms with E-state index in [0.29, 0.717) is 35.2 Å². The number of hydrogen-bond acceptors (Lipinski definition) is 4. The van der Waals surface area contributed by atoms with Gasteiger partial charge in [0, 0.05) is 11.5 Å². The third-order valence-electron chi connectivity index (χ3n) is 4.33. The highest BCUT2D eigenvalue weighted by Crippen LogP contribution is 2.31. The summed E-state index contributed by atoms with van der Waals surface area (Å²) in [6, 6.07) is 8.04. The Bertz CT molecular complexity index is 1170. The second kappa shape index (κ2) is 4.64. The predicted molar refractivity (Wildman–Crippen MR) is 86.1 cm³/mol. The van der Waals surface area contributed by atoms with Gasteiger partial charge in [0.25, 0.3) is 0 Å². The fourth-order valence-electron chi connectivity index (χ4n) is 3.30. The molecule has 0 unspecified atom stereocenters. The Kier molecular flexibility index (Phi) is 2.56. The number of fused-ring (bicyclic) bond motifs is 2. The van der Waals surface area contributed by atoms with Crippen LogP contribution >= 0.6 is 0 Å². The molecule has 0 amide bonds. The zero-order chi connectivity index (χ0) is 16.3.